The van der Waals surface area contributed by atoms with Crippen molar-refractivity contribution in [3.63, 3.8) is 0 Å². The molecule has 11 heteroatoms. The first-order valence-corrected chi connectivity index (χ1v) is 13.9. The van der Waals surface area contributed by atoms with E-state index in [2.05, 4.69) is 38.9 Å². The van der Waals surface area contributed by atoms with Crippen molar-refractivity contribution in [2.24, 2.45) is 7.05 Å². The summed E-state index contributed by atoms with van der Waals surface area (Å²) in [6, 6.07) is 13.5. The fraction of sp³-hybridized carbons (Fsp3) is 0.222. The molecule has 0 unspecified atom stereocenters. The molecule has 0 atom stereocenters. The zero-order valence-corrected chi connectivity index (χ0v) is 22.0. The Bertz CT molecular complexity index is 1630. The van der Waals surface area contributed by atoms with Gasteiger partial charge in [-0.3, -0.25) is 4.79 Å². The van der Waals surface area contributed by atoms with Crippen molar-refractivity contribution in [1.82, 2.24) is 14.5 Å². The third-order valence-corrected chi connectivity index (χ3v) is 8.13. The number of aryl methyl sites for hydroxylation is 1. The summed E-state index contributed by atoms with van der Waals surface area (Å²) in [6.45, 7) is 4.16. The van der Waals surface area contributed by atoms with Crippen molar-refractivity contribution in [3.05, 3.63) is 67.5 Å². The zero-order chi connectivity index (χ0) is 26.9. The largest absolute Gasteiger partial charge is 0.494 e. The molecule has 1 saturated heterocycles. The molecule has 0 spiro atoms. The van der Waals surface area contributed by atoms with E-state index in [0.29, 0.717) is 41.8 Å². The van der Waals surface area contributed by atoms with Crippen molar-refractivity contribution < 1.29 is 17.9 Å². The number of benzene rings is 2. The molecular weight excluding hydrogens is 504 g/mol. The molecule has 0 saturated carbocycles. The summed E-state index contributed by atoms with van der Waals surface area (Å²) in [5, 5.41) is 7.13. The standard InChI is InChI=1S/C27H28N6O4S/c1-4-26(34)29-21-15-22(25(37-3)16-24(21)33-11-13-38(35,36)14-12-33)31-27-28-10-9-20(30-27)19-17-32(2)23-8-6-5-7-18(19)23/h4-10,15-17H,1,11-14H2,2-3H3,(H,29,34)(H,28,30,31). The zero-order valence-electron chi connectivity index (χ0n) is 21.1. The minimum atomic E-state index is -3.07. The van der Waals surface area contributed by atoms with Gasteiger partial charge in [0.05, 0.1) is 41.4 Å². The van der Waals surface area contributed by atoms with Crippen LogP contribution >= 0.6 is 0 Å². The van der Waals surface area contributed by atoms with Crippen LogP contribution < -0.4 is 20.3 Å². The smallest absolute Gasteiger partial charge is 0.247 e. The number of aromatic nitrogens is 3. The summed E-state index contributed by atoms with van der Waals surface area (Å²) < 4.78 is 31.6. The van der Waals surface area contributed by atoms with Gasteiger partial charge in [-0.2, -0.15) is 0 Å². The van der Waals surface area contributed by atoms with E-state index in [9.17, 15) is 13.2 Å². The second-order valence-electron chi connectivity index (χ2n) is 8.96. The number of carbonyl (C=O) groups is 1. The molecule has 2 aromatic heterocycles. The predicted molar refractivity (Wildman–Crippen MR) is 150 cm³/mol. The van der Waals surface area contributed by atoms with E-state index in [1.165, 1.54) is 6.08 Å². The first kappa shape index (κ1) is 25.3. The summed E-state index contributed by atoms with van der Waals surface area (Å²) in [4.78, 5) is 23.3. The van der Waals surface area contributed by atoms with E-state index in [0.717, 1.165) is 22.2 Å². The van der Waals surface area contributed by atoms with Crippen molar-refractivity contribution in [1.29, 1.82) is 0 Å². The van der Waals surface area contributed by atoms with Crippen LogP contribution in [-0.2, 0) is 21.7 Å². The van der Waals surface area contributed by atoms with Gasteiger partial charge in [-0.25, -0.2) is 18.4 Å². The first-order valence-electron chi connectivity index (χ1n) is 12.0. The second-order valence-corrected chi connectivity index (χ2v) is 11.3. The minimum absolute atomic E-state index is 0.0406. The lowest BCUT2D eigenvalue weighted by Crippen LogP contribution is -2.40. The fourth-order valence-electron chi connectivity index (χ4n) is 4.57. The number of fused-ring (bicyclic) bond motifs is 1. The van der Waals surface area contributed by atoms with Gasteiger partial charge < -0.3 is 24.8 Å². The molecule has 1 aliphatic heterocycles. The normalized spacial score (nSPS) is 14.7. The quantitative estimate of drug-likeness (QED) is 0.346. The summed E-state index contributed by atoms with van der Waals surface area (Å²) in [7, 11) is 0.463. The number of hydrogen-bond donors (Lipinski definition) is 2. The molecule has 3 heterocycles. The number of anilines is 4. The molecule has 0 bridgehead atoms. The third-order valence-electron chi connectivity index (χ3n) is 6.52. The lowest BCUT2D eigenvalue weighted by atomic mass is 10.1. The lowest BCUT2D eigenvalue weighted by molar-refractivity contribution is -0.111. The first-order chi connectivity index (χ1) is 18.3. The van der Waals surface area contributed by atoms with Crippen molar-refractivity contribution in [3.8, 4) is 17.0 Å². The van der Waals surface area contributed by atoms with Crippen LogP contribution in [0.5, 0.6) is 5.75 Å². The van der Waals surface area contributed by atoms with Gasteiger partial charge in [0.1, 0.15) is 5.75 Å². The molecule has 10 nitrogen and oxygen atoms in total. The van der Waals surface area contributed by atoms with Crippen LogP contribution in [0, 0.1) is 0 Å². The van der Waals surface area contributed by atoms with E-state index in [-0.39, 0.29) is 17.4 Å². The van der Waals surface area contributed by atoms with Gasteiger partial charge in [0.2, 0.25) is 11.9 Å². The number of hydrogen-bond acceptors (Lipinski definition) is 8. The van der Waals surface area contributed by atoms with E-state index in [4.69, 9.17) is 9.72 Å². The van der Waals surface area contributed by atoms with Gasteiger partial charge in [-0.15, -0.1) is 0 Å². The Kier molecular flexibility index (Phi) is 6.77. The Hall–Kier alpha value is -4.38. The van der Waals surface area contributed by atoms with Gasteiger partial charge in [0.15, 0.2) is 9.84 Å². The maximum absolute atomic E-state index is 12.2. The molecular formula is C27H28N6O4S. The minimum Gasteiger partial charge on any atom is -0.494 e. The molecule has 2 aromatic carbocycles. The van der Waals surface area contributed by atoms with Crippen LogP contribution in [-0.4, -0.2) is 60.6 Å². The molecule has 2 N–H and O–H groups in total. The van der Waals surface area contributed by atoms with Gasteiger partial charge >= 0.3 is 0 Å². The Morgan fingerprint density at radius 2 is 1.89 bits per heavy atom. The Balaban J connectivity index is 1.51. The van der Waals surface area contributed by atoms with Crippen molar-refractivity contribution >= 4 is 49.7 Å². The van der Waals surface area contributed by atoms with E-state index < -0.39 is 9.84 Å². The Morgan fingerprint density at radius 1 is 1.13 bits per heavy atom. The Labute approximate surface area is 220 Å². The van der Waals surface area contributed by atoms with Crippen molar-refractivity contribution in [2.45, 2.75) is 0 Å². The topological polar surface area (TPSA) is 118 Å². The van der Waals surface area contributed by atoms with Gasteiger partial charge in [-0.1, -0.05) is 24.8 Å². The molecule has 1 aliphatic rings. The highest BCUT2D eigenvalue weighted by molar-refractivity contribution is 7.91. The lowest BCUT2D eigenvalue weighted by Gasteiger charge is -2.31. The molecule has 1 fully saturated rings. The average molecular weight is 533 g/mol. The highest BCUT2D eigenvalue weighted by Gasteiger charge is 2.25. The molecule has 4 aromatic rings. The molecule has 5 rings (SSSR count). The third kappa shape index (κ3) is 5.05. The number of methoxy groups -OCH3 is 1. The predicted octanol–water partition coefficient (Wildman–Crippen LogP) is 3.75. The molecule has 0 radical (unpaired) electrons. The monoisotopic (exact) mass is 532 g/mol. The van der Waals surface area contributed by atoms with Crippen LogP contribution in [0.4, 0.5) is 23.0 Å². The number of amides is 1. The second kappa shape index (κ2) is 10.2. The Morgan fingerprint density at radius 3 is 2.63 bits per heavy atom. The SMILES string of the molecule is C=CC(=O)Nc1cc(Nc2nccc(-c3cn(C)c4ccccc34)n2)c(OC)cc1N1CCS(=O)(=O)CC1. The molecule has 0 aliphatic carbocycles. The molecule has 38 heavy (non-hydrogen) atoms. The molecule has 196 valence electrons. The van der Waals surface area contributed by atoms with E-state index >= 15 is 0 Å². The average Bonchev–Trinajstić information content (AvgIpc) is 3.26. The van der Waals surface area contributed by atoms with Crippen LogP contribution in [0.15, 0.2) is 67.5 Å². The van der Waals surface area contributed by atoms with E-state index in [1.54, 1.807) is 25.4 Å². The van der Waals surface area contributed by atoms with E-state index in [1.807, 2.05) is 36.3 Å². The fourth-order valence-corrected chi connectivity index (χ4v) is 5.77. The number of carbonyl (C=O) groups excluding carboxylic acids is 1. The van der Waals surface area contributed by atoms with Gasteiger partial charge in [0.25, 0.3) is 0 Å². The number of nitrogens with one attached hydrogen (secondary N) is 2. The van der Waals surface area contributed by atoms with Crippen LogP contribution in [0.2, 0.25) is 0 Å². The highest BCUT2D eigenvalue weighted by Crippen LogP contribution is 2.39. The number of ether oxygens (including phenoxy) is 1. The number of para-hydroxylation sites is 1. The van der Waals surface area contributed by atoms with Gasteiger partial charge in [-0.05, 0) is 24.3 Å². The van der Waals surface area contributed by atoms with Crippen LogP contribution in [0.1, 0.15) is 0 Å². The number of sulfone groups is 1. The maximum Gasteiger partial charge on any atom is 0.247 e. The summed E-state index contributed by atoms with van der Waals surface area (Å²) in [6.07, 6.45) is 4.90. The molecule has 1 amide bonds. The summed E-state index contributed by atoms with van der Waals surface area (Å²) >= 11 is 0. The van der Waals surface area contributed by atoms with Gasteiger partial charge in [0, 0.05) is 55.1 Å². The van der Waals surface area contributed by atoms with Crippen molar-refractivity contribution in [2.75, 3.05) is 47.2 Å². The maximum atomic E-state index is 12.2. The number of rotatable bonds is 7. The summed E-state index contributed by atoms with van der Waals surface area (Å²) in [5.74, 6) is 0.537. The number of nitrogens with zero attached hydrogens (tertiary/aromatic N) is 4. The highest BCUT2D eigenvalue weighted by atomic mass is 32.2. The van der Waals surface area contributed by atoms with Crippen LogP contribution in [0.25, 0.3) is 22.2 Å². The van der Waals surface area contributed by atoms with Crippen LogP contribution in [0.3, 0.4) is 0 Å². The summed E-state index contributed by atoms with van der Waals surface area (Å²) in [5.41, 5.74) is 4.52.